The van der Waals surface area contributed by atoms with Gasteiger partial charge in [0.15, 0.2) is 23.9 Å². The van der Waals surface area contributed by atoms with E-state index in [0.717, 1.165) is 29.3 Å². The van der Waals surface area contributed by atoms with Crippen molar-refractivity contribution in [1.29, 1.82) is 0 Å². The molecule has 0 unspecified atom stereocenters. The van der Waals surface area contributed by atoms with Crippen molar-refractivity contribution < 1.29 is 26.4 Å². The molecule has 1 aromatic heterocycles. The van der Waals surface area contributed by atoms with Crippen LogP contribution in [0.15, 0.2) is 28.5 Å². The van der Waals surface area contributed by atoms with Gasteiger partial charge in [0, 0.05) is 41.1 Å². The molecule has 1 aromatic carbocycles. The van der Waals surface area contributed by atoms with Crippen LogP contribution in [0.5, 0.6) is 0 Å². The molecule has 42 heavy (non-hydrogen) atoms. The molecule has 2 N–H and O–H groups in total. The van der Waals surface area contributed by atoms with Crippen LogP contribution in [0, 0.1) is 33.5 Å². The number of carbonyl (C=O) groups is 2. The van der Waals surface area contributed by atoms with Gasteiger partial charge in [0.25, 0.3) is 0 Å². The van der Waals surface area contributed by atoms with Gasteiger partial charge in [-0.15, -0.1) is 0 Å². The average Bonchev–Trinajstić information content (AvgIpc) is 3.57. The predicted octanol–water partition coefficient (Wildman–Crippen LogP) is 4.56. The van der Waals surface area contributed by atoms with Gasteiger partial charge in [0.1, 0.15) is 11.6 Å². The average molecular weight is 613 g/mol. The van der Waals surface area contributed by atoms with Gasteiger partial charge in [-0.3, -0.25) is 9.59 Å². The van der Waals surface area contributed by atoms with Crippen LogP contribution >= 0.6 is 0 Å². The lowest BCUT2D eigenvalue weighted by molar-refractivity contribution is -0.128. The van der Waals surface area contributed by atoms with Gasteiger partial charge in [-0.25, -0.2) is 16.8 Å². The third-order valence-corrected chi connectivity index (χ3v) is 17.5. The molecular weight excluding hydrogens is 572 g/mol. The van der Waals surface area contributed by atoms with Crippen molar-refractivity contribution in [2.75, 3.05) is 18.1 Å². The number of carbonyl (C=O) groups excluding carboxylic acids is 2. The molecule has 1 aliphatic heterocycles. The maximum absolute atomic E-state index is 14.8. The minimum absolute atomic E-state index is 0.0517. The van der Waals surface area contributed by atoms with E-state index in [1.54, 1.807) is 0 Å². The first kappa shape index (κ1) is 28.3. The summed E-state index contributed by atoms with van der Waals surface area (Å²) in [5.74, 6) is -1.06. The largest absolute Gasteiger partial charge is 0.381 e. The Bertz CT molecular complexity index is 1730. The quantitative estimate of drug-likeness (QED) is 0.489. The molecule has 10 heteroatoms. The topological polar surface area (TPSA) is 130 Å². The van der Waals surface area contributed by atoms with E-state index in [1.165, 1.54) is 0 Å². The SMILES string of the molecule is CC1(C)[C@@H]2CC[C@@]1(CS(=O)(=O)C(=C1NCCc3c1[nH]c1ccccc31)S(=O)(=O)C[C@]13CC[C@H](CC1=O)C3(C)C)C(=O)C2. The van der Waals surface area contributed by atoms with Crippen molar-refractivity contribution in [2.24, 2.45) is 33.5 Å². The Kier molecular flexibility index (Phi) is 5.79. The highest BCUT2D eigenvalue weighted by Gasteiger charge is 2.68. The zero-order valence-electron chi connectivity index (χ0n) is 24.8. The van der Waals surface area contributed by atoms with Crippen LogP contribution in [0.2, 0.25) is 0 Å². The number of rotatable bonds is 6. The second-order valence-corrected chi connectivity index (χ2v) is 18.8. The van der Waals surface area contributed by atoms with E-state index in [9.17, 15) is 26.4 Å². The summed E-state index contributed by atoms with van der Waals surface area (Å²) >= 11 is 0. The van der Waals surface area contributed by atoms with Crippen molar-refractivity contribution in [3.8, 4) is 0 Å². The lowest BCUT2D eigenvalue weighted by Gasteiger charge is -2.38. The molecule has 226 valence electrons. The number of ketones is 2. The predicted molar refractivity (Wildman–Crippen MR) is 162 cm³/mol. The Labute approximate surface area is 247 Å². The molecule has 0 saturated heterocycles. The number of Topliss-reactive ketones (excluding diaryl/α,β-unsaturated/α-hetero) is 2. The van der Waals surface area contributed by atoms with Gasteiger partial charge in [-0.05, 0) is 66.4 Å². The van der Waals surface area contributed by atoms with Gasteiger partial charge in [0.2, 0.25) is 0 Å². The fourth-order valence-electron chi connectivity index (χ4n) is 9.75. The molecule has 2 aromatic rings. The van der Waals surface area contributed by atoms with Crippen LogP contribution in [-0.4, -0.2) is 51.4 Å². The van der Waals surface area contributed by atoms with Gasteiger partial charge < -0.3 is 10.3 Å². The first-order chi connectivity index (χ1) is 19.6. The Hall–Kier alpha value is -2.46. The van der Waals surface area contributed by atoms with E-state index in [4.69, 9.17) is 0 Å². The molecule has 2 heterocycles. The van der Waals surface area contributed by atoms with Crippen LogP contribution in [0.3, 0.4) is 0 Å². The number of H-pyrrole nitrogens is 1. The van der Waals surface area contributed by atoms with Gasteiger partial charge in [0.05, 0.1) is 22.9 Å². The highest BCUT2D eigenvalue weighted by Crippen LogP contribution is 2.66. The molecule has 8 nitrogen and oxygen atoms in total. The molecule has 4 saturated carbocycles. The van der Waals surface area contributed by atoms with Gasteiger partial charge in [-0.2, -0.15) is 0 Å². The van der Waals surface area contributed by atoms with Crippen LogP contribution in [0.25, 0.3) is 16.6 Å². The van der Waals surface area contributed by atoms with Crippen molar-refractivity contribution in [2.45, 2.75) is 72.6 Å². The molecule has 4 bridgehead atoms. The van der Waals surface area contributed by atoms with Gasteiger partial charge >= 0.3 is 0 Å². The van der Waals surface area contributed by atoms with E-state index in [1.807, 2.05) is 52.0 Å². The minimum Gasteiger partial charge on any atom is -0.381 e. The Balaban J connectivity index is 1.44. The molecule has 7 rings (SSSR count). The maximum atomic E-state index is 14.8. The second kappa shape index (κ2) is 8.58. The van der Waals surface area contributed by atoms with Gasteiger partial charge in [-0.1, -0.05) is 45.9 Å². The minimum atomic E-state index is -4.53. The summed E-state index contributed by atoms with van der Waals surface area (Å²) in [6.45, 7) is 8.20. The summed E-state index contributed by atoms with van der Waals surface area (Å²) in [7, 11) is -9.06. The number of benzene rings is 1. The summed E-state index contributed by atoms with van der Waals surface area (Å²) < 4.78 is 58.4. The molecule has 0 amide bonds. The molecule has 4 aliphatic carbocycles. The van der Waals surface area contributed by atoms with E-state index >= 15 is 0 Å². The van der Waals surface area contributed by atoms with Crippen molar-refractivity contribution in [3.05, 3.63) is 39.8 Å². The molecule has 5 aliphatic rings. The Morgan fingerprint density at radius 2 is 1.36 bits per heavy atom. The number of aromatic amines is 1. The number of sulfone groups is 2. The number of nitrogens with one attached hydrogen (secondary N) is 2. The molecular formula is C32H40N2O6S2. The van der Waals surface area contributed by atoms with Crippen molar-refractivity contribution in [3.63, 3.8) is 0 Å². The van der Waals surface area contributed by atoms with Crippen molar-refractivity contribution in [1.82, 2.24) is 10.3 Å². The summed E-state index contributed by atoms with van der Waals surface area (Å²) in [6.07, 6.45) is 3.65. The fraction of sp³-hybridized carbons (Fsp3) is 0.625. The second-order valence-electron chi connectivity index (χ2n) is 14.7. The van der Waals surface area contributed by atoms with E-state index in [0.29, 0.717) is 44.3 Å². The van der Waals surface area contributed by atoms with Crippen LogP contribution in [-0.2, 0) is 35.7 Å². The van der Waals surface area contributed by atoms with Crippen molar-refractivity contribution >= 4 is 47.8 Å². The highest BCUT2D eigenvalue weighted by molar-refractivity contribution is 8.14. The standard InChI is InChI=1S/C32H40N2O6S2/c1-29(2)19-9-12-31(29,24(35)15-19)17-41(37,38)28(27-26-22(11-14-33-27)21-7-5-6-8-23(21)34-26)42(39,40)18-32-13-10-20(16-25(32)36)30(32,3)4/h5-8,19-20,33-34H,9-18H2,1-4H3/t19-,20-,31-,32-/m1/s1. The van der Waals surface area contributed by atoms with Crippen LogP contribution < -0.4 is 5.32 Å². The first-order valence-corrected chi connectivity index (χ1v) is 18.5. The monoisotopic (exact) mass is 612 g/mol. The highest BCUT2D eigenvalue weighted by atomic mass is 32.3. The fourth-order valence-corrected chi connectivity index (χ4v) is 15.5. The molecule has 0 radical (unpaired) electrons. The Morgan fingerprint density at radius 1 is 0.833 bits per heavy atom. The van der Waals surface area contributed by atoms with Crippen LogP contribution in [0.4, 0.5) is 0 Å². The first-order valence-electron chi connectivity index (χ1n) is 15.2. The third-order valence-electron chi connectivity index (χ3n) is 12.7. The zero-order valence-corrected chi connectivity index (χ0v) is 26.4. The number of hydrogen-bond donors (Lipinski definition) is 2. The third kappa shape index (κ3) is 3.45. The lowest BCUT2D eigenvalue weighted by Crippen LogP contribution is -2.46. The summed E-state index contributed by atoms with van der Waals surface area (Å²) in [5.41, 5.74) is -1.18. The normalized spacial score (nSPS) is 32.9. The zero-order chi connectivity index (χ0) is 30.1. The van der Waals surface area contributed by atoms with E-state index < -0.39 is 57.1 Å². The lowest BCUT2D eigenvalue weighted by atomic mass is 9.70. The summed E-state index contributed by atoms with van der Waals surface area (Å²) in [4.78, 5) is 30.2. The summed E-state index contributed by atoms with van der Waals surface area (Å²) in [6, 6.07) is 7.62. The molecule has 0 spiro atoms. The number of fused-ring (bicyclic) bond motifs is 7. The number of aromatic nitrogens is 1. The number of para-hydroxylation sites is 1. The summed E-state index contributed by atoms with van der Waals surface area (Å²) in [5, 5.41) is 4.09. The van der Waals surface area contributed by atoms with Crippen LogP contribution in [0.1, 0.15) is 77.5 Å². The Morgan fingerprint density at radius 3 is 1.83 bits per heavy atom. The maximum Gasteiger partial charge on any atom is 0.192 e. The number of hydrogen-bond acceptors (Lipinski definition) is 7. The molecule has 4 atom stereocenters. The van der Waals surface area contributed by atoms with E-state index in [2.05, 4.69) is 10.3 Å². The molecule has 4 fully saturated rings. The smallest absolute Gasteiger partial charge is 0.192 e. The van der Waals surface area contributed by atoms with E-state index in [-0.39, 0.29) is 29.1 Å².